The highest BCUT2D eigenvalue weighted by Crippen LogP contribution is 2.46. The molecule has 0 aliphatic heterocycles. The average molecular weight is 415 g/mol. The summed E-state index contributed by atoms with van der Waals surface area (Å²) in [7, 11) is 0. The monoisotopic (exact) mass is 414 g/mol. The minimum absolute atomic E-state index is 0.164. The van der Waals surface area contributed by atoms with Gasteiger partial charge in [-0.2, -0.15) is 0 Å². The van der Waals surface area contributed by atoms with Crippen LogP contribution in [0.1, 0.15) is 69.4 Å². The van der Waals surface area contributed by atoms with E-state index < -0.39 is 17.4 Å². The van der Waals surface area contributed by atoms with Crippen molar-refractivity contribution in [1.29, 1.82) is 0 Å². The van der Waals surface area contributed by atoms with Gasteiger partial charge in [0.05, 0.1) is 0 Å². The molecule has 2 fully saturated rings. The van der Waals surface area contributed by atoms with Crippen LogP contribution < -0.4 is 10.8 Å². The number of carbonyl (C=O) groups excluding carboxylic acids is 1. The molecule has 2 aliphatic rings. The number of hydrogen-bond donors (Lipinski definition) is 4. The third-order valence-electron chi connectivity index (χ3n) is 7.15. The molecular formula is C24H34N2O4. The van der Waals surface area contributed by atoms with Crippen LogP contribution in [0.2, 0.25) is 0 Å². The van der Waals surface area contributed by atoms with Crippen molar-refractivity contribution in [2.45, 2.75) is 70.4 Å². The van der Waals surface area contributed by atoms with Crippen molar-refractivity contribution >= 4 is 18.0 Å². The van der Waals surface area contributed by atoms with Crippen molar-refractivity contribution in [2.75, 3.05) is 0 Å². The van der Waals surface area contributed by atoms with Gasteiger partial charge < -0.3 is 5.11 Å². The largest absolute Gasteiger partial charge is 0.480 e. The Hall–Kier alpha value is -2.18. The summed E-state index contributed by atoms with van der Waals surface area (Å²) in [5, 5.41) is 22.6. The van der Waals surface area contributed by atoms with Crippen molar-refractivity contribution in [2.24, 2.45) is 17.8 Å². The van der Waals surface area contributed by atoms with E-state index in [0.717, 1.165) is 56.1 Å². The highest BCUT2D eigenvalue weighted by Gasteiger charge is 2.53. The van der Waals surface area contributed by atoms with E-state index in [9.17, 15) is 14.7 Å². The first-order valence-corrected chi connectivity index (χ1v) is 11.2. The van der Waals surface area contributed by atoms with Crippen LogP contribution in [-0.4, -0.2) is 27.7 Å². The van der Waals surface area contributed by atoms with Gasteiger partial charge in [-0.25, -0.2) is 5.48 Å². The second-order valence-corrected chi connectivity index (χ2v) is 8.93. The lowest BCUT2D eigenvalue weighted by Gasteiger charge is -2.46. The number of benzene rings is 1. The minimum Gasteiger partial charge on any atom is -0.480 e. The Kier molecular flexibility index (Phi) is 7.67. The average Bonchev–Trinajstić information content (AvgIpc) is 3.20. The molecule has 30 heavy (non-hydrogen) atoms. The van der Waals surface area contributed by atoms with Crippen LogP contribution >= 0.6 is 0 Å². The molecule has 6 heteroatoms. The predicted octanol–water partition coefficient (Wildman–Crippen LogP) is 4.13. The molecule has 0 aromatic heterocycles. The lowest BCUT2D eigenvalue weighted by Crippen LogP contribution is -2.63. The third-order valence-corrected chi connectivity index (χ3v) is 7.15. The van der Waals surface area contributed by atoms with Gasteiger partial charge in [0.2, 0.25) is 0 Å². The number of carboxylic acids is 1. The second-order valence-electron chi connectivity index (χ2n) is 8.93. The van der Waals surface area contributed by atoms with Crippen molar-refractivity contribution in [3.8, 4) is 0 Å². The standard InChI is InChI=1S/C24H34N2O4/c1-17-6-5-9-21(17)24(23(28)29,20-7-3-2-4-8-20)25-16-19-12-10-18(11-13-19)14-15-22(27)26-30/h10-15,17,20-21,25,30H,2-9,16H2,1H3,(H,26,27)(H,28,29)/t17?,21?,24-/m0/s1. The minimum atomic E-state index is -0.867. The Morgan fingerprint density at radius 1 is 1.07 bits per heavy atom. The number of carbonyl (C=O) groups is 2. The molecule has 164 valence electrons. The first-order valence-electron chi connectivity index (χ1n) is 11.2. The number of nitrogens with one attached hydrogen (secondary N) is 2. The summed E-state index contributed by atoms with van der Waals surface area (Å²) in [6.07, 6.45) is 11.5. The molecule has 0 radical (unpaired) electrons. The molecular weight excluding hydrogens is 380 g/mol. The maximum atomic E-state index is 12.8. The van der Waals surface area contributed by atoms with Gasteiger partial charge in [-0.15, -0.1) is 0 Å². The zero-order chi connectivity index (χ0) is 21.6. The lowest BCUT2D eigenvalue weighted by molar-refractivity contribution is -0.153. The van der Waals surface area contributed by atoms with Crippen LogP contribution in [0.3, 0.4) is 0 Å². The van der Waals surface area contributed by atoms with Crippen LogP contribution in [0.4, 0.5) is 0 Å². The Labute approximate surface area is 178 Å². The molecule has 1 aromatic carbocycles. The SMILES string of the molecule is CC1CCCC1[C@](NCc1ccc(C=CC(=O)NO)cc1)(C(=O)O)C1CCCCC1. The molecule has 2 saturated carbocycles. The van der Waals surface area contributed by atoms with E-state index in [1.54, 1.807) is 11.6 Å². The van der Waals surface area contributed by atoms with Crippen molar-refractivity contribution in [3.63, 3.8) is 0 Å². The van der Waals surface area contributed by atoms with Gasteiger partial charge >= 0.3 is 5.97 Å². The number of rotatable bonds is 8. The maximum Gasteiger partial charge on any atom is 0.324 e. The van der Waals surface area contributed by atoms with Gasteiger partial charge in [0.15, 0.2) is 0 Å². The molecule has 3 atom stereocenters. The highest BCUT2D eigenvalue weighted by molar-refractivity contribution is 5.90. The first kappa shape index (κ1) is 22.5. The number of hydroxylamine groups is 1. The first-order chi connectivity index (χ1) is 14.5. The summed E-state index contributed by atoms with van der Waals surface area (Å²) < 4.78 is 0. The lowest BCUT2D eigenvalue weighted by atomic mass is 9.65. The van der Waals surface area contributed by atoms with Crippen molar-refractivity contribution in [3.05, 3.63) is 41.5 Å². The maximum absolute atomic E-state index is 12.8. The van der Waals surface area contributed by atoms with Crippen LogP contribution in [0, 0.1) is 17.8 Å². The molecule has 0 spiro atoms. The second kappa shape index (κ2) is 10.2. The molecule has 3 rings (SSSR count). The third kappa shape index (κ3) is 4.93. The molecule has 4 N–H and O–H groups in total. The van der Waals surface area contributed by atoms with Gasteiger partial charge in [0.25, 0.3) is 5.91 Å². The quantitative estimate of drug-likeness (QED) is 0.291. The Balaban J connectivity index is 1.78. The number of amides is 1. The number of hydrogen-bond acceptors (Lipinski definition) is 4. The fourth-order valence-electron chi connectivity index (χ4n) is 5.57. The summed E-state index contributed by atoms with van der Waals surface area (Å²) >= 11 is 0. The van der Waals surface area contributed by atoms with E-state index >= 15 is 0 Å². The number of aliphatic carboxylic acids is 1. The molecule has 2 unspecified atom stereocenters. The predicted molar refractivity (Wildman–Crippen MR) is 116 cm³/mol. The number of carboxylic acid groups (broad SMARTS) is 1. The van der Waals surface area contributed by atoms with Gasteiger partial charge in [-0.1, -0.05) is 63.3 Å². The Bertz CT molecular complexity index is 755. The van der Waals surface area contributed by atoms with Crippen LogP contribution in [0.15, 0.2) is 30.3 Å². The van der Waals surface area contributed by atoms with Crippen molar-refractivity contribution in [1.82, 2.24) is 10.8 Å². The van der Waals surface area contributed by atoms with Crippen LogP contribution in [0.5, 0.6) is 0 Å². The molecule has 0 saturated heterocycles. The molecule has 0 bridgehead atoms. The Morgan fingerprint density at radius 2 is 1.77 bits per heavy atom. The summed E-state index contributed by atoms with van der Waals surface area (Å²) in [6.45, 7) is 2.72. The fourth-order valence-corrected chi connectivity index (χ4v) is 5.57. The normalized spacial score (nSPS) is 24.6. The van der Waals surface area contributed by atoms with Crippen molar-refractivity contribution < 1.29 is 19.9 Å². The van der Waals surface area contributed by atoms with Gasteiger partial charge in [-0.3, -0.25) is 20.1 Å². The topological polar surface area (TPSA) is 98.7 Å². The summed E-state index contributed by atoms with van der Waals surface area (Å²) in [6, 6.07) is 7.68. The van der Waals surface area contributed by atoms with E-state index in [2.05, 4.69) is 12.2 Å². The van der Waals surface area contributed by atoms with E-state index in [1.807, 2.05) is 24.3 Å². The van der Waals surface area contributed by atoms with E-state index in [0.29, 0.717) is 12.5 Å². The molecule has 0 heterocycles. The molecule has 2 aliphatic carbocycles. The molecule has 1 amide bonds. The van der Waals surface area contributed by atoms with Crippen LogP contribution in [0.25, 0.3) is 6.08 Å². The van der Waals surface area contributed by atoms with E-state index in [4.69, 9.17) is 5.21 Å². The van der Waals surface area contributed by atoms with Gasteiger partial charge in [0, 0.05) is 12.6 Å². The van der Waals surface area contributed by atoms with Gasteiger partial charge in [-0.05, 0) is 54.2 Å². The summed E-state index contributed by atoms with van der Waals surface area (Å²) in [5.74, 6) is -0.514. The van der Waals surface area contributed by atoms with Crippen LogP contribution in [-0.2, 0) is 16.1 Å². The summed E-state index contributed by atoms with van der Waals surface area (Å²) in [5.41, 5.74) is 2.55. The smallest absolute Gasteiger partial charge is 0.324 e. The van der Waals surface area contributed by atoms with Gasteiger partial charge in [0.1, 0.15) is 5.54 Å². The molecule has 1 aromatic rings. The highest BCUT2D eigenvalue weighted by atomic mass is 16.5. The summed E-state index contributed by atoms with van der Waals surface area (Å²) in [4.78, 5) is 23.9. The molecule has 6 nitrogen and oxygen atoms in total. The van der Waals surface area contributed by atoms with E-state index in [-0.39, 0.29) is 11.8 Å². The zero-order valence-corrected chi connectivity index (χ0v) is 17.8. The fraction of sp³-hybridized carbons (Fsp3) is 0.583. The van der Waals surface area contributed by atoms with E-state index in [1.165, 1.54) is 12.5 Å². The Morgan fingerprint density at radius 3 is 2.33 bits per heavy atom. The zero-order valence-electron chi connectivity index (χ0n) is 17.8.